The fourth-order valence-corrected chi connectivity index (χ4v) is 4.98. The van der Waals surface area contributed by atoms with E-state index < -0.39 is 0 Å². The smallest absolute Gasteiger partial charge is 0.0571 e. The van der Waals surface area contributed by atoms with Gasteiger partial charge >= 0.3 is 0 Å². The van der Waals surface area contributed by atoms with Gasteiger partial charge in [-0.25, -0.2) is 0 Å². The van der Waals surface area contributed by atoms with Gasteiger partial charge in [0.15, 0.2) is 0 Å². The second-order valence-electron chi connectivity index (χ2n) is 7.26. The van der Waals surface area contributed by atoms with Gasteiger partial charge in [0.1, 0.15) is 0 Å². The molecular formula is C23H25NS2. The lowest BCUT2D eigenvalue weighted by Gasteiger charge is -2.28. The van der Waals surface area contributed by atoms with Crippen molar-refractivity contribution >= 4 is 23.5 Å². The molecule has 0 amide bonds. The third-order valence-corrected chi connectivity index (χ3v) is 6.67. The highest BCUT2D eigenvalue weighted by Crippen LogP contribution is 2.43. The molecule has 0 aliphatic carbocycles. The van der Waals surface area contributed by atoms with Gasteiger partial charge in [-0.3, -0.25) is 4.98 Å². The molecule has 0 N–H and O–H groups in total. The molecule has 0 aliphatic rings. The van der Waals surface area contributed by atoms with Crippen LogP contribution in [-0.2, 0) is 9.49 Å². The van der Waals surface area contributed by atoms with Gasteiger partial charge < -0.3 is 0 Å². The van der Waals surface area contributed by atoms with E-state index in [1.807, 2.05) is 23.5 Å². The predicted molar refractivity (Wildman–Crippen MR) is 115 cm³/mol. The van der Waals surface area contributed by atoms with E-state index in [-0.39, 0.29) is 9.49 Å². The normalized spacial score (nSPS) is 12.2. The molecule has 0 unspecified atom stereocenters. The number of rotatable bonds is 6. The molecule has 0 fully saturated rings. The van der Waals surface area contributed by atoms with Crippen molar-refractivity contribution in [2.75, 3.05) is 0 Å². The van der Waals surface area contributed by atoms with Crippen LogP contribution in [0, 0.1) is 0 Å². The van der Waals surface area contributed by atoms with Crippen molar-refractivity contribution in [2.24, 2.45) is 0 Å². The number of hydrogen-bond donors (Lipinski definition) is 0. The number of pyridine rings is 1. The van der Waals surface area contributed by atoms with Crippen LogP contribution in [-0.4, -0.2) is 4.98 Å². The Morgan fingerprint density at radius 1 is 0.538 bits per heavy atom. The van der Waals surface area contributed by atoms with Crippen LogP contribution in [0.5, 0.6) is 0 Å². The minimum Gasteiger partial charge on any atom is -0.255 e. The Balaban J connectivity index is 1.85. The molecule has 1 heterocycles. The van der Waals surface area contributed by atoms with Crippen LogP contribution in [0.3, 0.4) is 0 Å². The molecule has 0 atom stereocenters. The van der Waals surface area contributed by atoms with Crippen molar-refractivity contribution in [3.05, 3.63) is 90.3 Å². The summed E-state index contributed by atoms with van der Waals surface area (Å²) in [5.74, 6) is 0. The van der Waals surface area contributed by atoms with Gasteiger partial charge in [0, 0.05) is 9.79 Å². The third kappa shape index (κ3) is 4.72. The summed E-state index contributed by atoms with van der Waals surface area (Å²) in [4.78, 5) is 7.60. The van der Waals surface area contributed by atoms with Gasteiger partial charge in [0.25, 0.3) is 0 Å². The molecule has 26 heavy (non-hydrogen) atoms. The van der Waals surface area contributed by atoms with E-state index in [9.17, 15) is 0 Å². The molecule has 2 aromatic carbocycles. The molecule has 0 radical (unpaired) electrons. The number of nitrogens with zero attached hydrogens (tertiary/aromatic N) is 1. The minimum absolute atomic E-state index is 0.0924. The van der Waals surface area contributed by atoms with Gasteiger partial charge in [-0.2, -0.15) is 0 Å². The SMILES string of the molecule is CC(C)(Sc1ccccc1)c1cccc(C(C)(C)Sc2ccccc2)n1. The molecule has 3 rings (SSSR count). The second kappa shape index (κ2) is 7.89. The van der Waals surface area contributed by atoms with Gasteiger partial charge in [-0.1, -0.05) is 42.5 Å². The van der Waals surface area contributed by atoms with E-state index >= 15 is 0 Å². The summed E-state index contributed by atoms with van der Waals surface area (Å²) in [7, 11) is 0. The van der Waals surface area contributed by atoms with Crippen LogP contribution in [0.25, 0.3) is 0 Å². The summed E-state index contributed by atoms with van der Waals surface area (Å²) in [5, 5.41) is 0. The average Bonchev–Trinajstić information content (AvgIpc) is 2.63. The molecule has 0 aliphatic heterocycles. The van der Waals surface area contributed by atoms with E-state index in [0.717, 1.165) is 11.4 Å². The summed E-state index contributed by atoms with van der Waals surface area (Å²) >= 11 is 3.71. The molecule has 134 valence electrons. The summed E-state index contributed by atoms with van der Waals surface area (Å²) in [6, 6.07) is 27.5. The predicted octanol–water partition coefficient (Wildman–Crippen LogP) is 7.14. The quantitative estimate of drug-likeness (QED) is 0.423. The summed E-state index contributed by atoms with van der Waals surface area (Å²) < 4.78 is -0.185. The first-order valence-corrected chi connectivity index (χ1v) is 10.5. The first-order chi connectivity index (χ1) is 12.4. The maximum absolute atomic E-state index is 5.07. The van der Waals surface area contributed by atoms with Crippen LogP contribution in [0.15, 0.2) is 88.7 Å². The number of aromatic nitrogens is 1. The number of hydrogen-bond acceptors (Lipinski definition) is 3. The summed E-state index contributed by atoms with van der Waals surface area (Å²) in [5.41, 5.74) is 2.23. The fraction of sp³-hybridized carbons (Fsp3) is 0.261. The maximum atomic E-state index is 5.07. The van der Waals surface area contributed by atoms with E-state index in [0.29, 0.717) is 0 Å². The molecule has 0 bridgehead atoms. The zero-order chi connectivity index (χ0) is 18.6. The first kappa shape index (κ1) is 19.1. The molecule has 1 aromatic heterocycles. The molecule has 1 nitrogen and oxygen atoms in total. The van der Waals surface area contributed by atoms with Crippen molar-refractivity contribution in [2.45, 2.75) is 47.0 Å². The minimum atomic E-state index is -0.0924. The van der Waals surface area contributed by atoms with Crippen LogP contribution < -0.4 is 0 Å². The van der Waals surface area contributed by atoms with E-state index in [1.54, 1.807) is 0 Å². The summed E-state index contributed by atoms with van der Waals surface area (Å²) in [6.07, 6.45) is 0. The second-order valence-corrected chi connectivity index (χ2v) is 10.7. The molecular weight excluding hydrogens is 354 g/mol. The molecule has 3 aromatic rings. The highest BCUT2D eigenvalue weighted by molar-refractivity contribution is 8.00. The number of benzene rings is 2. The summed E-state index contributed by atoms with van der Waals surface area (Å²) in [6.45, 7) is 8.98. The van der Waals surface area contributed by atoms with Crippen molar-refractivity contribution < 1.29 is 0 Å². The topological polar surface area (TPSA) is 12.9 Å². The highest BCUT2D eigenvalue weighted by Gasteiger charge is 2.28. The lowest BCUT2D eigenvalue weighted by Crippen LogP contribution is -2.19. The standard InChI is InChI=1S/C23H25NS2/c1-22(2,25-18-12-7-5-8-13-18)20-16-11-17-21(24-20)23(3,4)26-19-14-9-6-10-15-19/h5-17H,1-4H3. The van der Waals surface area contributed by atoms with Crippen LogP contribution >= 0.6 is 23.5 Å². The Kier molecular flexibility index (Phi) is 5.79. The third-order valence-electron chi connectivity index (χ3n) is 4.22. The van der Waals surface area contributed by atoms with Crippen molar-refractivity contribution in [3.8, 4) is 0 Å². The average molecular weight is 380 g/mol. The van der Waals surface area contributed by atoms with E-state index in [4.69, 9.17) is 4.98 Å². The Hall–Kier alpha value is -1.71. The zero-order valence-electron chi connectivity index (χ0n) is 15.8. The number of thioether (sulfide) groups is 2. The maximum Gasteiger partial charge on any atom is 0.0571 e. The largest absolute Gasteiger partial charge is 0.255 e. The Morgan fingerprint density at radius 2 is 0.923 bits per heavy atom. The Labute approximate surface area is 165 Å². The van der Waals surface area contributed by atoms with Crippen LogP contribution in [0.4, 0.5) is 0 Å². The Bertz CT molecular complexity index is 774. The van der Waals surface area contributed by atoms with Crippen molar-refractivity contribution in [3.63, 3.8) is 0 Å². The highest BCUT2D eigenvalue weighted by atomic mass is 32.2. The van der Waals surface area contributed by atoms with Crippen molar-refractivity contribution in [1.29, 1.82) is 0 Å². The van der Waals surface area contributed by atoms with Gasteiger partial charge in [0.05, 0.1) is 20.9 Å². The van der Waals surface area contributed by atoms with Gasteiger partial charge in [-0.15, -0.1) is 23.5 Å². The Morgan fingerprint density at radius 3 is 1.31 bits per heavy atom. The van der Waals surface area contributed by atoms with Crippen LogP contribution in [0.1, 0.15) is 39.1 Å². The lowest BCUT2D eigenvalue weighted by molar-refractivity contribution is 0.694. The molecule has 0 spiro atoms. The van der Waals surface area contributed by atoms with E-state index in [1.165, 1.54) is 9.79 Å². The zero-order valence-corrected chi connectivity index (χ0v) is 17.4. The molecule has 3 heteroatoms. The lowest BCUT2D eigenvalue weighted by atomic mass is 10.0. The van der Waals surface area contributed by atoms with Gasteiger partial charge in [0.2, 0.25) is 0 Å². The van der Waals surface area contributed by atoms with Crippen molar-refractivity contribution in [1.82, 2.24) is 4.98 Å². The van der Waals surface area contributed by atoms with Crippen LogP contribution in [0.2, 0.25) is 0 Å². The molecule has 0 saturated heterocycles. The molecule has 0 saturated carbocycles. The van der Waals surface area contributed by atoms with Gasteiger partial charge in [-0.05, 0) is 64.1 Å². The fourth-order valence-electron chi connectivity index (χ4n) is 2.78. The van der Waals surface area contributed by atoms with E-state index in [2.05, 4.69) is 107 Å². The first-order valence-electron chi connectivity index (χ1n) is 8.83. The monoisotopic (exact) mass is 379 g/mol.